The molecule has 4 aromatic rings. The number of aromatic nitrogens is 6. The van der Waals surface area contributed by atoms with Gasteiger partial charge >= 0.3 is 0 Å². The highest BCUT2D eigenvalue weighted by Crippen LogP contribution is 2.52. The van der Waals surface area contributed by atoms with E-state index < -0.39 is 36.0 Å². The fourth-order valence-electron chi connectivity index (χ4n) is 12.3. The van der Waals surface area contributed by atoms with E-state index >= 15 is 0 Å². The number of carbonyl (C=O) groups excluding carboxylic acids is 4. The van der Waals surface area contributed by atoms with Crippen LogP contribution in [0.15, 0.2) is 83.2 Å². The Hall–Kier alpha value is -6.66. The van der Waals surface area contributed by atoms with Crippen molar-refractivity contribution in [2.24, 2.45) is 35.5 Å². The number of fused-ring (bicyclic) bond motifs is 6. The maximum Gasteiger partial charge on any atom is 0.258 e. The fraction of sp³-hybridized carbons (Fsp3) is 0.500. The van der Waals surface area contributed by atoms with E-state index in [2.05, 4.69) is 30.6 Å². The highest BCUT2D eigenvalue weighted by Gasteiger charge is 2.59. The van der Waals surface area contributed by atoms with Crippen molar-refractivity contribution in [3.05, 3.63) is 128 Å². The van der Waals surface area contributed by atoms with Crippen molar-refractivity contribution in [2.45, 2.75) is 116 Å². The fourth-order valence-corrected chi connectivity index (χ4v) is 12.3. The number of hydrogen-bond acceptors (Lipinski definition) is 12. The largest absolute Gasteiger partial charge is 0.396 e. The van der Waals surface area contributed by atoms with Gasteiger partial charge in [0.05, 0.1) is 36.6 Å². The summed E-state index contributed by atoms with van der Waals surface area (Å²) in [5.74, 6) is -2.33. The van der Waals surface area contributed by atoms with Crippen LogP contribution in [0.2, 0.25) is 0 Å². The predicted octanol–water partition coefficient (Wildman–Crippen LogP) is 3.34. The second kappa shape index (κ2) is 21.1. The molecule has 4 aromatic heterocycles. The average molecular weight is 955 g/mol. The van der Waals surface area contributed by atoms with Crippen LogP contribution >= 0.6 is 0 Å². The highest BCUT2D eigenvalue weighted by atomic mass is 16.3. The average Bonchev–Trinajstić information content (AvgIpc) is 4.26. The number of allylic oxidation sites excluding steroid dienone is 2. The first-order valence-corrected chi connectivity index (χ1v) is 24.7. The van der Waals surface area contributed by atoms with Crippen LogP contribution in [-0.4, -0.2) is 98.0 Å². The summed E-state index contributed by atoms with van der Waals surface area (Å²) in [5, 5.41) is 26.7. The summed E-state index contributed by atoms with van der Waals surface area (Å²) in [5.41, 5.74) is 3.76. The second-order valence-electron chi connectivity index (χ2n) is 19.3. The summed E-state index contributed by atoms with van der Waals surface area (Å²) in [6, 6.07) is 8.37. The lowest BCUT2D eigenvalue weighted by atomic mass is 9.88. The van der Waals surface area contributed by atoms with Crippen LogP contribution in [0.5, 0.6) is 0 Å². The minimum absolute atomic E-state index is 0.0472. The van der Waals surface area contributed by atoms with E-state index in [9.17, 15) is 39.0 Å². The van der Waals surface area contributed by atoms with Crippen molar-refractivity contribution < 1.29 is 29.4 Å². The number of likely N-dealkylation sites (tertiary alicyclic amines) is 2. The van der Waals surface area contributed by atoms with Crippen molar-refractivity contribution in [1.82, 2.24) is 49.5 Å². The molecule has 70 heavy (non-hydrogen) atoms. The molecule has 0 bridgehead atoms. The van der Waals surface area contributed by atoms with E-state index in [1.807, 2.05) is 38.1 Å². The normalized spacial score (nSPS) is 25.7. The smallest absolute Gasteiger partial charge is 0.258 e. The molecule has 2 saturated carbocycles. The Kier molecular flexibility index (Phi) is 14.6. The van der Waals surface area contributed by atoms with Crippen LogP contribution in [0.25, 0.3) is 12.2 Å². The molecular formula is C52H62N10O8. The summed E-state index contributed by atoms with van der Waals surface area (Å²) < 4.78 is 3.44. The quantitative estimate of drug-likeness (QED) is 0.160. The van der Waals surface area contributed by atoms with Crippen molar-refractivity contribution in [3.63, 3.8) is 0 Å². The topological polar surface area (TPSA) is 235 Å². The van der Waals surface area contributed by atoms with Crippen molar-refractivity contribution in [3.8, 4) is 0 Å². The van der Waals surface area contributed by atoms with Crippen LogP contribution in [0, 0.1) is 35.5 Å². The number of rotatable bonds is 12. The molecule has 0 aromatic carbocycles. The number of aliphatic hydroxyl groups is 2. The minimum Gasteiger partial charge on any atom is -0.396 e. The molecule has 2 aliphatic carbocycles. The van der Waals surface area contributed by atoms with Crippen LogP contribution in [0.3, 0.4) is 0 Å². The number of carbonyl (C=O) groups is 4. The molecule has 4 aliphatic heterocycles. The Bertz CT molecular complexity index is 2560. The molecule has 6 aliphatic rings. The van der Waals surface area contributed by atoms with E-state index in [0.29, 0.717) is 35.6 Å². The van der Waals surface area contributed by atoms with Crippen LogP contribution < -0.4 is 21.8 Å². The lowest BCUT2D eigenvalue weighted by Gasteiger charge is -2.33. The molecule has 368 valence electrons. The molecule has 18 nitrogen and oxygen atoms in total. The Morgan fingerprint density at radius 3 is 1.36 bits per heavy atom. The van der Waals surface area contributed by atoms with Gasteiger partial charge in [0.15, 0.2) is 0 Å². The predicted molar refractivity (Wildman–Crippen MR) is 257 cm³/mol. The molecule has 10 rings (SSSR count). The van der Waals surface area contributed by atoms with Gasteiger partial charge in [-0.05, 0) is 75.9 Å². The van der Waals surface area contributed by atoms with Gasteiger partial charge < -0.3 is 39.8 Å². The van der Waals surface area contributed by atoms with Crippen LogP contribution in [0.1, 0.15) is 111 Å². The molecule has 18 heteroatoms. The Morgan fingerprint density at radius 1 is 0.614 bits per heavy atom. The molecule has 8 atom stereocenters. The van der Waals surface area contributed by atoms with E-state index in [-0.39, 0.29) is 84.7 Å². The van der Waals surface area contributed by atoms with Gasteiger partial charge in [0.2, 0.25) is 23.6 Å². The first-order chi connectivity index (χ1) is 34.1. The lowest BCUT2D eigenvalue weighted by molar-refractivity contribution is -0.145. The standard InChI is InChI=1S/2C26H31N5O4/c2*1-2-5-16-8-9-21-22-19(13-30(21)25(16)34)20(14-32)23(31(22)26(35)17-6-3-4-7-17)24(33)28-12-18-10-11-27-15-29-18/h2*2,5,8-11,15,17,19-20,22-23,32H,3-4,6-7,12-14H2,1H3,(H,28,33)/b5-2+;5-2-/t2*19-,20-,22+,23-/m11/s1. The second-order valence-corrected chi connectivity index (χ2v) is 19.3. The Balaban J connectivity index is 0.000000174. The number of pyridine rings is 2. The van der Waals surface area contributed by atoms with Gasteiger partial charge in [-0.3, -0.25) is 28.8 Å². The van der Waals surface area contributed by atoms with Gasteiger partial charge in [-0.15, -0.1) is 0 Å². The van der Waals surface area contributed by atoms with E-state index in [1.165, 1.54) is 12.7 Å². The SMILES string of the molecule is C/C=C/c1ccc2n(c1=O)C[C@@H]1[C@@H](CO)[C@H](C(=O)NCc3ccncn3)N(C(=O)C3CCCC3)[C@H]21.C/C=C\c1ccc2n(c1=O)C[C@@H]1[C@@H](CO)[C@H](C(=O)NCc3ccncn3)N(C(=O)C3CCCC3)[C@H]21. The number of amides is 4. The van der Waals surface area contributed by atoms with Gasteiger partial charge in [-0.1, -0.05) is 50.0 Å². The molecule has 0 radical (unpaired) electrons. The summed E-state index contributed by atoms with van der Waals surface area (Å²) >= 11 is 0. The molecule has 8 heterocycles. The van der Waals surface area contributed by atoms with E-state index in [1.54, 1.807) is 67.7 Å². The summed E-state index contributed by atoms with van der Waals surface area (Å²) in [6.45, 7) is 4.40. The zero-order valence-corrected chi connectivity index (χ0v) is 39.7. The van der Waals surface area contributed by atoms with Crippen molar-refractivity contribution >= 4 is 35.8 Å². The van der Waals surface area contributed by atoms with Crippen LogP contribution in [-0.2, 0) is 45.4 Å². The Morgan fingerprint density at radius 2 is 1.01 bits per heavy atom. The van der Waals surface area contributed by atoms with Crippen LogP contribution in [0.4, 0.5) is 0 Å². The highest BCUT2D eigenvalue weighted by molar-refractivity contribution is 5.91. The zero-order valence-electron chi connectivity index (χ0n) is 39.7. The first kappa shape index (κ1) is 48.4. The molecule has 4 N–H and O–H groups in total. The van der Waals surface area contributed by atoms with E-state index in [4.69, 9.17) is 0 Å². The van der Waals surface area contributed by atoms with Gasteiger partial charge in [0, 0.05) is 96.7 Å². The zero-order chi connectivity index (χ0) is 49.1. The van der Waals surface area contributed by atoms with Crippen molar-refractivity contribution in [1.29, 1.82) is 0 Å². The molecule has 4 amide bonds. The van der Waals surface area contributed by atoms with E-state index in [0.717, 1.165) is 62.8 Å². The maximum absolute atomic E-state index is 13.9. The summed E-state index contributed by atoms with van der Waals surface area (Å²) in [4.78, 5) is 101. The lowest BCUT2D eigenvalue weighted by Crippen LogP contribution is -2.51. The molecule has 0 unspecified atom stereocenters. The maximum atomic E-state index is 13.9. The van der Waals surface area contributed by atoms with Gasteiger partial charge in [-0.2, -0.15) is 0 Å². The summed E-state index contributed by atoms with van der Waals surface area (Å²) in [7, 11) is 0. The summed E-state index contributed by atoms with van der Waals surface area (Å²) in [6.07, 6.45) is 20.5. The number of aliphatic hydroxyl groups excluding tert-OH is 2. The van der Waals surface area contributed by atoms with Crippen molar-refractivity contribution in [2.75, 3.05) is 13.2 Å². The third-order valence-corrected chi connectivity index (χ3v) is 15.5. The first-order valence-electron chi connectivity index (χ1n) is 24.7. The van der Waals surface area contributed by atoms with Gasteiger partial charge in [0.1, 0.15) is 24.7 Å². The number of nitrogens with one attached hydrogen (secondary N) is 2. The third-order valence-electron chi connectivity index (χ3n) is 15.5. The van der Waals surface area contributed by atoms with Gasteiger partial charge in [0.25, 0.3) is 11.1 Å². The molecule has 2 saturated heterocycles. The van der Waals surface area contributed by atoms with Gasteiger partial charge in [-0.25, -0.2) is 19.9 Å². The monoisotopic (exact) mass is 954 g/mol. The third kappa shape index (κ3) is 9.02. The molecule has 4 fully saturated rings. The number of hydrogen-bond donors (Lipinski definition) is 4. The molecule has 0 spiro atoms. The Labute approximate surface area is 406 Å². The number of nitrogens with zero attached hydrogens (tertiary/aromatic N) is 8. The minimum atomic E-state index is -0.802. The molecular weight excluding hydrogens is 893 g/mol.